The van der Waals surface area contributed by atoms with Crippen LogP contribution in [-0.2, 0) is 22.3 Å². The second-order valence-corrected chi connectivity index (χ2v) is 7.82. The van der Waals surface area contributed by atoms with E-state index in [1.165, 1.54) is 0 Å². The lowest BCUT2D eigenvalue weighted by Gasteiger charge is -2.05. The molecule has 1 heterocycles. The molecule has 0 amide bonds. The first kappa shape index (κ1) is 17.6. The molecule has 0 aliphatic rings. The molecule has 0 unspecified atom stereocenters. The maximum Gasteiger partial charge on any atom is 0.247 e. The number of nitrogens with one attached hydrogen (secondary N) is 1. The molecule has 1 aromatic heterocycles. The number of halogens is 1. The number of hydrogen-bond donors (Lipinski definition) is 1. The summed E-state index contributed by atoms with van der Waals surface area (Å²) in [7, 11) is -3.53. The van der Waals surface area contributed by atoms with Crippen LogP contribution in [0.5, 0.6) is 0 Å². The molecule has 0 saturated heterocycles. The van der Waals surface area contributed by atoms with Crippen molar-refractivity contribution in [2.45, 2.75) is 19.2 Å². The van der Waals surface area contributed by atoms with Crippen molar-refractivity contribution >= 4 is 21.6 Å². The van der Waals surface area contributed by atoms with Gasteiger partial charge in [-0.05, 0) is 36.8 Å². The Kier molecular flexibility index (Phi) is 5.17. The summed E-state index contributed by atoms with van der Waals surface area (Å²) in [5.41, 5.74) is 2.55. The molecular weight excluding hydrogens is 362 g/mol. The number of aromatic nitrogens is 2. The maximum atomic E-state index is 12.1. The van der Waals surface area contributed by atoms with E-state index in [0.29, 0.717) is 16.5 Å². The van der Waals surface area contributed by atoms with Crippen molar-refractivity contribution in [3.63, 3.8) is 0 Å². The fraction of sp³-hybridized carbons (Fsp3) is 0.176. The molecule has 2 aromatic carbocycles. The Balaban J connectivity index is 1.63. The third-order valence-electron chi connectivity index (χ3n) is 3.48. The minimum absolute atomic E-state index is 0.0607. The van der Waals surface area contributed by atoms with Gasteiger partial charge in [0.2, 0.25) is 21.8 Å². The average Bonchev–Trinajstić information content (AvgIpc) is 3.05. The van der Waals surface area contributed by atoms with Crippen LogP contribution in [0, 0.1) is 6.92 Å². The van der Waals surface area contributed by atoms with Crippen molar-refractivity contribution in [1.82, 2.24) is 14.9 Å². The van der Waals surface area contributed by atoms with Crippen LogP contribution in [0.1, 0.15) is 17.0 Å². The summed E-state index contributed by atoms with van der Waals surface area (Å²) >= 11 is 5.79. The summed E-state index contributed by atoms with van der Waals surface area (Å²) in [5.74, 6) is 0.408. The lowest BCUT2D eigenvalue weighted by Crippen LogP contribution is -2.24. The van der Waals surface area contributed by atoms with E-state index in [1.807, 2.05) is 31.2 Å². The van der Waals surface area contributed by atoms with Gasteiger partial charge in [-0.25, -0.2) is 13.1 Å². The Morgan fingerprint density at radius 2 is 1.72 bits per heavy atom. The van der Waals surface area contributed by atoms with Crippen molar-refractivity contribution in [2.24, 2.45) is 0 Å². The molecule has 0 saturated carbocycles. The molecule has 0 fully saturated rings. The Morgan fingerprint density at radius 1 is 1.04 bits per heavy atom. The van der Waals surface area contributed by atoms with E-state index in [9.17, 15) is 8.42 Å². The molecule has 0 spiro atoms. The molecule has 25 heavy (non-hydrogen) atoms. The molecule has 3 rings (SSSR count). The normalized spacial score (nSPS) is 11.6. The molecule has 0 bridgehead atoms. The smallest absolute Gasteiger partial charge is 0.247 e. The Morgan fingerprint density at radius 3 is 2.40 bits per heavy atom. The number of nitrogens with zero attached hydrogens (tertiary/aromatic N) is 2. The Labute approximate surface area is 150 Å². The molecule has 130 valence electrons. The summed E-state index contributed by atoms with van der Waals surface area (Å²) in [4.78, 5) is 0. The van der Waals surface area contributed by atoms with Crippen molar-refractivity contribution in [1.29, 1.82) is 0 Å². The highest BCUT2D eigenvalue weighted by molar-refractivity contribution is 7.88. The van der Waals surface area contributed by atoms with Gasteiger partial charge in [0, 0.05) is 10.6 Å². The minimum atomic E-state index is -3.53. The van der Waals surface area contributed by atoms with Crippen molar-refractivity contribution in [2.75, 3.05) is 0 Å². The second kappa shape index (κ2) is 7.35. The first-order chi connectivity index (χ1) is 11.9. The number of aryl methyl sites for hydroxylation is 1. The topological polar surface area (TPSA) is 85.1 Å². The standard InChI is InChI=1S/C17H16ClN3O3S/c1-12-2-6-14(7-3-12)17-21-20-16(24-17)10-19-25(22,23)11-13-4-8-15(18)9-5-13/h2-9,19H,10-11H2,1H3. The molecule has 3 aromatic rings. The molecular formula is C17H16ClN3O3S. The predicted molar refractivity (Wildman–Crippen MR) is 95.4 cm³/mol. The summed E-state index contributed by atoms with van der Waals surface area (Å²) in [6.07, 6.45) is 0. The van der Waals surface area contributed by atoms with E-state index < -0.39 is 10.0 Å². The van der Waals surface area contributed by atoms with E-state index in [4.69, 9.17) is 16.0 Å². The van der Waals surface area contributed by atoms with Crippen LogP contribution in [0.4, 0.5) is 0 Å². The van der Waals surface area contributed by atoms with E-state index in [2.05, 4.69) is 14.9 Å². The molecule has 8 heteroatoms. The van der Waals surface area contributed by atoms with Gasteiger partial charge in [0.25, 0.3) is 0 Å². The number of benzene rings is 2. The van der Waals surface area contributed by atoms with Gasteiger partial charge in [-0.2, -0.15) is 0 Å². The van der Waals surface area contributed by atoms with Gasteiger partial charge in [-0.1, -0.05) is 41.4 Å². The van der Waals surface area contributed by atoms with Crippen LogP contribution in [0.15, 0.2) is 52.9 Å². The van der Waals surface area contributed by atoms with Crippen LogP contribution in [0.3, 0.4) is 0 Å². The van der Waals surface area contributed by atoms with E-state index in [0.717, 1.165) is 11.1 Å². The third kappa shape index (κ3) is 4.88. The van der Waals surface area contributed by atoms with Gasteiger partial charge in [0.05, 0.1) is 12.3 Å². The molecule has 0 aliphatic heterocycles. The summed E-state index contributed by atoms with van der Waals surface area (Å²) in [5, 5.41) is 8.38. The fourth-order valence-corrected chi connectivity index (χ4v) is 3.36. The zero-order chi connectivity index (χ0) is 17.9. The van der Waals surface area contributed by atoms with Crippen molar-refractivity contribution in [3.8, 4) is 11.5 Å². The minimum Gasteiger partial charge on any atom is -0.419 e. The first-order valence-electron chi connectivity index (χ1n) is 7.52. The van der Waals surface area contributed by atoms with E-state index in [-0.39, 0.29) is 18.2 Å². The zero-order valence-corrected chi connectivity index (χ0v) is 15.0. The van der Waals surface area contributed by atoms with E-state index in [1.54, 1.807) is 24.3 Å². The van der Waals surface area contributed by atoms with Crippen LogP contribution in [-0.4, -0.2) is 18.6 Å². The van der Waals surface area contributed by atoms with Gasteiger partial charge >= 0.3 is 0 Å². The monoisotopic (exact) mass is 377 g/mol. The lowest BCUT2D eigenvalue weighted by atomic mass is 10.1. The number of rotatable bonds is 6. The quantitative estimate of drug-likeness (QED) is 0.712. The summed E-state index contributed by atoms with van der Waals surface area (Å²) < 4.78 is 32.2. The van der Waals surface area contributed by atoms with Gasteiger partial charge < -0.3 is 4.42 Å². The maximum absolute atomic E-state index is 12.1. The molecule has 0 radical (unpaired) electrons. The molecule has 6 nitrogen and oxygen atoms in total. The Bertz CT molecular complexity index is 952. The van der Waals surface area contributed by atoms with Crippen molar-refractivity contribution < 1.29 is 12.8 Å². The van der Waals surface area contributed by atoms with Crippen LogP contribution in [0.2, 0.25) is 5.02 Å². The SMILES string of the molecule is Cc1ccc(-c2nnc(CNS(=O)(=O)Cc3ccc(Cl)cc3)o2)cc1. The van der Waals surface area contributed by atoms with Crippen LogP contribution >= 0.6 is 11.6 Å². The number of hydrogen-bond acceptors (Lipinski definition) is 5. The Hall–Kier alpha value is -2.22. The van der Waals surface area contributed by atoms with Crippen LogP contribution < -0.4 is 4.72 Å². The highest BCUT2D eigenvalue weighted by atomic mass is 35.5. The average molecular weight is 378 g/mol. The van der Waals surface area contributed by atoms with Gasteiger partial charge in [0.15, 0.2) is 0 Å². The molecule has 0 atom stereocenters. The van der Waals surface area contributed by atoms with Gasteiger partial charge in [-0.15, -0.1) is 10.2 Å². The highest BCUT2D eigenvalue weighted by Gasteiger charge is 2.14. The van der Waals surface area contributed by atoms with Gasteiger partial charge in [-0.3, -0.25) is 0 Å². The van der Waals surface area contributed by atoms with Gasteiger partial charge in [0.1, 0.15) is 0 Å². The van der Waals surface area contributed by atoms with Crippen LogP contribution in [0.25, 0.3) is 11.5 Å². The predicted octanol–water partition coefficient (Wildman–Crippen LogP) is 3.32. The highest BCUT2D eigenvalue weighted by Crippen LogP contribution is 2.18. The second-order valence-electron chi connectivity index (χ2n) is 5.57. The molecule has 1 N–H and O–H groups in total. The summed E-state index contributed by atoms with van der Waals surface area (Å²) in [6.45, 7) is 1.92. The fourth-order valence-electron chi connectivity index (χ4n) is 2.16. The third-order valence-corrected chi connectivity index (χ3v) is 5.03. The lowest BCUT2D eigenvalue weighted by molar-refractivity contribution is 0.494. The zero-order valence-electron chi connectivity index (χ0n) is 13.4. The molecule has 0 aliphatic carbocycles. The van der Waals surface area contributed by atoms with Crippen molar-refractivity contribution in [3.05, 3.63) is 70.6 Å². The van der Waals surface area contributed by atoms with E-state index >= 15 is 0 Å². The number of sulfonamides is 1. The summed E-state index contributed by atoms with van der Waals surface area (Å²) in [6, 6.07) is 14.3. The first-order valence-corrected chi connectivity index (χ1v) is 9.55. The largest absolute Gasteiger partial charge is 0.419 e.